The first-order valence-electron chi connectivity index (χ1n) is 5.49. The summed E-state index contributed by atoms with van der Waals surface area (Å²) in [6.07, 6.45) is 0. The van der Waals surface area contributed by atoms with E-state index in [-0.39, 0.29) is 17.2 Å². The first kappa shape index (κ1) is 17.2. The summed E-state index contributed by atoms with van der Waals surface area (Å²) in [6.45, 7) is 0. The third kappa shape index (κ3) is 3.85. The van der Waals surface area contributed by atoms with Gasteiger partial charge in [-0.1, -0.05) is 0 Å². The molecule has 2 N–H and O–H groups in total. The zero-order valence-electron chi connectivity index (χ0n) is 11.5. The van der Waals surface area contributed by atoms with E-state index in [2.05, 4.69) is 17.4 Å². The number of hydrogen-bond donors (Lipinski definition) is 3. The van der Waals surface area contributed by atoms with E-state index in [0.29, 0.717) is 5.75 Å². The number of carboxylic acids is 1. The van der Waals surface area contributed by atoms with E-state index < -0.39 is 20.6 Å². The number of carboxylic acid groups (broad SMARTS) is 1. The minimum Gasteiger partial charge on any atom is -0.496 e. The van der Waals surface area contributed by atoms with Crippen LogP contribution in [0.25, 0.3) is 0 Å². The molecule has 21 heavy (non-hydrogen) atoms. The molecule has 0 spiro atoms. The molecule has 1 aromatic carbocycles. The van der Waals surface area contributed by atoms with Gasteiger partial charge in [-0.15, -0.1) is 12.6 Å². The van der Waals surface area contributed by atoms with Crippen LogP contribution in [0.3, 0.4) is 0 Å². The van der Waals surface area contributed by atoms with Crippen LogP contribution in [0.2, 0.25) is 0 Å². The second-order valence-corrected chi connectivity index (χ2v) is 6.38. The fourth-order valence-corrected chi connectivity index (χ4v) is 2.46. The number of rotatable bonds is 7. The Labute approximate surface area is 127 Å². The second kappa shape index (κ2) is 6.76. The van der Waals surface area contributed by atoms with Gasteiger partial charge in [0.05, 0.1) is 21.3 Å². The van der Waals surface area contributed by atoms with Crippen molar-refractivity contribution in [1.29, 1.82) is 0 Å². The Balaban J connectivity index is 3.33. The van der Waals surface area contributed by atoms with Crippen molar-refractivity contribution in [2.45, 2.75) is 4.58 Å². The predicted molar refractivity (Wildman–Crippen MR) is 79.1 cm³/mol. The van der Waals surface area contributed by atoms with Crippen LogP contribution in [0.5, 0.6) is 17.2 Å². The normalized spacial score (nSPS) is 12.4. The Morgan fingerprint density at radius 3 is 2.00 bits per heavy atom. The lowest BCUT2D eigenvalue weighted by Crippen LogP contribution is -2.30. The lowest BCUT2D eigenvalue weighted by molar-refractivity contribution is -0.134. The second-order valence-electron chi connectivity index (χ2n) is 3.74. The van der Waals surface area contributed by atoms with Gasteiger partial charge in [0.15, 0.2) is 0 Å². The maximum atomic E-state index is 11.9. The molecule has 1 atom stereocenters. The topological polar surface area (TPSA) is 111 Å². The van der Waals surface area contributed by atoms with Gasteiger partial charge in [-0.05, 0) is 0 Å². The molecule has 0 radical (unpaired) electrons. The van der Waals surface area contributed by atoms with Crippen molar-refractivity contribution in [3.05, 3.63) is 12.1 Å². The summed E-state index contributed by atoms with van der Waals surface area (Å²) >= 11 is 3.55. The third-order valence-electron chi connectivity index (χ3n) is 2.46. The van der Waals surface area contributed by atoms with Crippen molar-refractivity contribution in [2.24, 2.45) is 0 Å². The summed E-state index contributed by atoms with van der Waals surface area (Å²) in [5.41, 5.74) is -0.0406. The fourth-order valence-electron chi connectivity index (χ4n) is 1.44. The summed E-state index contributed by atoms with van der Waals surface area (Å²) in [4.78, 5) is 10.8. The lowest BCUT2D eigenvalue weighted by atomic mass is 10.2. The molecule has 1 aromatic rings. The minimum absolute atomic E-state index is 0.0406. The first-order chi connectivity index (χ1) is 9.76. The number of sulfonamides is 1. The Bertz CT molecular complexity index is 604. The maximum Gasteiger partial charge on any atom is 0.333 e. The van der Waals surface area contributed by atoms with Crippen molar-refractivity contribution in [1.82, 2.24) is 0 Å². The quantitative estimate of drug-likeness (QED) is 0.631. The van der Waals surface area contributed by atoms with E-state index in [9.17, 15) is 13.2 Å². The number of hydrogen-bond acceptors (Lipinski definition) is 7. The van der Waals surface area contributed by atoms with Gasteiger partial charge in [0.2, 0.25) is 4.58 Å². The SMILES string of the molecule is COc1cc(OC)c(NS(=O)(=O)C(S)C(=O)O)c(OC)c1. The van der Waals surface area contributed by atoms with E-state index in [1.807, 2.05) is 0 Å². The number of benzene rings is 1. The van der Waals surface area contributed by atoms with E-state index in [1.54, 1.807) is 0 Å². The van der Waals surface area contributed by atoms with Crippen molar-refractivity contribution in [2.75, 3.05) is 26.1 Å². The van der Waals surface area contributed by atoms with Crippen molar-refractivity contribution >= 4 is 34.3 Å². The van der Waals surface area contributed by atoms with E-state index in [4.69, 9.17) is 19.3 Å². The van der Waals surface area contributed by atoms with Crippen LogP contribution in [-0.4, -0.2) is 45.4 Å². The van der Waals surface area contributed by atoms with Gasteiger partial charge >= 0.3 is 5.97 Å². The molecular weight excluding hydrogens is 322 g/mol. The van der Waals surface area contributed by atoms with Gasteiger partial charge < -0.3 is 19.3 Å². The monoisotopic (exact) mass is 337 g/mol. The van der Waals surface area contributed by atoms with Crippen LogP contribution in [0.15, 0.2) is 12.1 Å². The van der Waals surface area contributed by atoms with Gasteiger partial charge in [0.25, 0.3) is 10.0 Å². The van der Waals surface area contributed by atoms with Crippen molar-refractivity contribution < 1.29 is 32.5 Å². The van der Waals surface area contributed by atoms with Crippen LogP contribution in [0.4, 0.5) is 5.69 Å². The van der Waals surface area contributed by atoms with Gasteiger partial charge in [0, 0.05) is 12.1 Å². The Hall–Kier alpha value is -1.81. The number of carbonyl (C=O) groups is 1. The standard InChI is InChI=1S/C11H15NO7S2/c1-17-6-4-7(18-2)9(8(5-6)19-3)12-21(15,16)11(20)10(13)14/h4-5,11-12,20H,1-3H3,(H,13,14). The lowest BCUT2D eigenvalue weighted by Gasteiger charge is -2.17. The number of aliphatic carboxylic acids is 1. The fraction of sp³-hybridized carbons (Fsp3) is 0.364. The molecule has 0 aliphatic carbocycles. The van der Waals surface area contributed by atoms with E-state index in [1.165, 1.54) is 33.5 Å². The zero-order valence-corrected chi connectivity index (χ0v) is 13.2. The molecule has 8 nitrogen and oxygen atoms in total. The molecule has 0 aromatic heterocycles. The number of thiol groups is 1. The Kier molecular flexibility index (Phi) is 5.55. The Morgan fingerprint density at radius 2 is 1.67 bits per heavy atom. The molecule has 0 fully saturated rings. The highest BCUT2D eigenvalue weighted by Gasteiger charge is 2.31. The van der Waals surface area contributed by atoms with Gasteiger partial charge in [-0.2, -0.15) is 0 Å². The molecule has 10 heteroatoms. The highest BCUT2D eigenvalue weighted by molar-refractivity contribution is 8.06. The minimum atomic E-state index is -4.28. The molecule has 0 amide bonds. The molecule has 0 saturated heterocycles. The average Bonchev–Trinajstić information content (AvgIpc) is 2.45. The Morgan fingerprint density at radius 1 is 1.19 bits per heavy atom. The highest BCUT2D eigenvalue weighted by atomic mass is 32.3. The molecule has 0 aliphatic rings. The molecule has 0 bridgehead atoms. The van der Waals surface area contributed by atoms with Crippen molar-refractivity contribution in [3.8, 4) is 17.2 Å². The van der Waals surface area contributed by atoms with Crippen LogP contribution in [-0.2, 0) is 14.8 Å². The number of methoxy groups -OCH3 is 3. The molecule has 0 aliphatic heterocycles. The predicted octanol–water partition coefficient (Wildman–Crippen LogP) is 0.795. The van der Waals surface area contributed by atoms with E-state index in [0.717, 1.165) is 0 Å². The number of ether oxygens (including phenoxy) is 3. The first-order valence-corrected chi connectivity index (χ1v) is 7.55. The smallest absolute Gasteiger partial charge is 0.333 e. The average molecular weight is 337 g/mol. The summed E-state index contributed by atoms with van der Waals surface area (Å²) in [5.74, 6) is -0.994. The highest BCUT2D eigenvalue weighted by Crippen LogP contribution is 2.39. The summed E-state index contributed by atoms with van der Waals surface area (Å²) < 4.78 is 39.1. The van der Waals surface area contributed by atoms with Crippen LogP contribution in [0, 0.1) is 0 Å². The molecule has 1 unspecified atom stereocenters. The largest absolute Gasteiger partial charge is 0.496 e. The van der Waals surface area contributed by atoms with Crippen molar-refractivity contribution in [3.63, 3.8) is 0 Å². The van der Waals surface area contributed by atoms with E-state index >= 15 is 0 Å². The van der Waals surface area contributed by atoms with Gasteiger partial charge in [-0.25, -0.2) is 13.2 Å². The number of anilines is 1. The van der Waals surface area contributed by atoms with Crippen LogP contribution in [0.1, 0.15) is 0 Å². The molecule has 0 saturated carbocycles. The molecular formula is C11H15NO7S2. The number of nitrogens with one attached hydrogen (secondary N) is 1. The van der Waals surface area contributed by atoms with Gasteiger partial charge in [0.1, 0.15) is 22.9 Å². The molecule has 1 rings (SSSR count). The molecule has 0 heterocycles. The maximum absolute atomic E-state index is 11.9. The molecule has 118 valence electrons. The third-order valence-corrected chi connectivity index (χ3v) is 4.80. The zero-order chi connectivity index (χ0) is 16.2. The van der Waals surface area contributed by atoms with Crippen LogP contribution < -0.4 is 18.9 Å². The van der Waals surface area contributed by atoms with Gasteiger partial charge in [-0.3, -0.25) is 4.72 Å². The summed E-state index contributed by atoms with van der Waals surface area (Å²) in [7, 11) is -0.219. The van der Waals surface area contributed by atoms with Crippen LogP contribution >= 0.6 is 12.6 Å². The summed E-state index contributed by atoms with van der Waals surface area (Å²) in [6, 6.07) is 2.85. The summed E-state index contributed by atoms with van der Waals surface area (Å²) in [5, 5.41) is 8.75.